The van der Waals surface area contributed by atoms with Crippen molar-refractivity contribution in [2.24, 2.45) is 23.7 Å². The van der Waals surface area contributed by atoms with E-state index in [4.69, 9.17) is 11.6 Å². The van der Waals surface area contributed by atoms with Crippen LogP contribution in [0.1, 0.15) is 43.2 Å². The standard InChI is InChI=1S/C35H31ClFN3O5/c1-2-16-39-31(42)26-15-14-25-27(29(26)33(39)44)18-28-32(43)40(38-23-12-10-22(37)11-13-23)34(45)35(28,20-6-8-21(36)9-7-20)30(25)19-4-3-5-24(41)17-19/h3-14,17,26-30,38,41H,2,15-16,18H2,1H3/t26-,27+,28-,29-,30-,35+/m0/s1. The molecule has 2 aliphatic carbocycles. The molecule has 0 bridgehead atoms. The first-order valence-electron chi connectivity index (χ1n) is 15.2. The molecule has 7 rings (SSSR count). The molecule has 8 nitrogen and oxygen atoms in total. The van der Waals surface area contributed by atoms with Crippen molar-refractivity contribution in [3.8, 4) is 5.75 Å². The Balaban J connectivity index is 1.45. The molecular weight excluding hydrogens is 597 g/mol. The lowest BCUT2D eigenvalue weighted by atomic mass is 9.49. The lowest BCUT2D eigenvalue weighted by molar-refractivity contribution is -0.141. The topological polar surface area (TPSA) is 107 Å². The molecule has 3 aromatic carbocycles. The molecule has 1 saturated carbocycles. The first kappa shape index (κ1) is 29.2. The molecule has 45 heavy (non-hydrogen) atoms. The molecule has 3 aromatic rings. The fraction of sp³-hybridized carbons (Fsp3) is 0.314. The molecule has 3 fully saturated rings. The zero-order valence-corrected chi connectivity index (χ0v) is 25.2. The van der Waals surface area contributed by atoms with Crippen LogP contribution in [0.2, 0.25) is 5.02 Å². The average Bonchev–Trinajstić information content (AvgIpc) is 3.40. The van der Waals surface area contributed by atoms with E-state index in [0.29, 0.717) is 41.2 Å². The second-order valence-corrected chi connectivity index (χ2v) is 12.7. The molecule has 230 valence electrons. The third kappa shape index (κ3) is 4.31. The van der Waals surface area contributed by atoms with Gasteiger partial charge >= 0.3 is 0 Å². The van der Waals surface area contributed by atoms with Gasteiger partial charge in [-0.1, -0.05) is 54.4 Å². The number of nitrogens with one attached hydrogen (secondary N) is 1. The molecule has 2 heterocycles. The van der Waals surface area contributed by atoms with E-state index >= 15 is 0 Å². The summed E-state index contributed by atoms with van der Waals surface area (Å²) in [6, 6.07) is 18.8. The maximum absolute atomic E-state index is 15.0. The Morgan fingerprint density at radius 3 is 2.38 bits per heavy atom. The van der Waals surface area contributed by atoms with Crippen LogP contribution >= 0.6 is 11.6 Å². The number of phenols is 1. The van der Waals surface area contributed by atoms with Crippen molar-refractivity contribution in [3.05, 3.63) is 106 Å². The Hall–Kier alpha value is -4.50. The highest BCUT2D eigenvalue weighted by atomic mass is 35.5. The summed E-state index contributed by atoms with van der Waals surface area (Å²) in [6.45, 7) is 2.24. The van der Waals surface area contributed by atoms with E-state index in [9.17, 15) is 28.7 Å². The van der Waals surface area contributed by atoms with Gasteiger partial charge in [-0.25, -0.2) is 4.39 Å². The van der Waals surface area contributed by atoms with Crippen LogP contribution < -0.4 is 5.43 Å². The number of aromatic hydroxyl groups is 1. The van der Waals surface area contributed by atoms with Crippen LogP contribution in [0, 0.1) is 29.5 Å². The summed E-state index contributed by atoms with van der Waals surface area (Å²) in [7, 11) is 0. The van der Waals surface area contributed by atoms with Crippen LogP contribution in [0.15, 0.2) is 84.4 Å². The number of likely N-dealkylation sites (tertiary alicyclic amines) is 1. The maximum Gasteiger partial charge on any atom is 0.260 e. The minimum absolute atomic E-state index is 0.00831. The predicted octanol–water partition coefficient (Wildman–Crippen LogP) is 5.58. The average molecular weight is 628 g/mol. The van der Waals surface area contributed by atoms with Gasteiger partial charge in [-0.2, -0.15) is 5.01 Å². The summed E-state index contributed by atoms with van der Waals surface area (Å²) >= 11 is 6.30. The van der Waals surface area contributed by atoms with Crippen molar-refractivity contribution in [2.75, 3.05) is 12.0 Å². The minimum Gasteiger partial charge on any atom is -0.508 e. The Kier molecular flexibility index (Phi) is 7.04. The van der Waals surface area contributed by atoms with Gasteiger partial charge in [0.1, 0.15) is 11.6 Å². The number of allylic oxidation sites excluding steroid dienone is 2. The number of halogens is 2. The summed E-state index contributed by atoms with van der Waals surface area (Å²) in [6.07, 6.45) is 3.10. The number of hydrogen-bond acceptors (Lipinski definition) is 6. The molecule has 4 amide bonds. The molecule has 10 heteroatoms. The van der Waals surface area contributed by atoms with Gasteiger partial charge in [0.25, 0.3) is 11.8 Å². The molecule has 4 aliphatic rings. The Bertz CT molecular complexity index is 1760. The number of carbonyl (C=O) groups is 4. The number of nitrogens with zero attached hydrogens (tertiary/aromatic N) is 2. The van der Waals surface area contributed by atoms with E-state index in [1.54, 1.807) is 36.4 Å². The maximum atomic E-state index is 15.0. The van der Waals surface area contributed by atoms with E-state index < -0.39 is 52.6 Å². The number of anilines is 1. The number of rotatable bonds is 6. The van der Waals surface area contributed by atoms with Gasteiger partial charge in [-0.05, 0) is 84.8 Å². The van der Waals surface area contributed by atoms with Gasteiger partial charge in [0.15, 0.2) is 0 Å². The van der Waals surface area contributed by atoms with Crippen molar-refractivity contribution in [2.45, 2.75) is 37.5 Å². The molecule has 6 atom stereocenters. The highest BCUT2D eigenvalue weighted by Gasteiger charge is 2.70. The van der Waals surface area contributed by atoms with Gasteiger partial charge in [0.05, 0.1) is 28.9 Å². The van der Waals surface area contributed by atoms with Crippen LogP contribution in [-0.2, 0) is 24.6 Å². The number of imide groups is 2. The highest BCUT2D eigenvalue weighted by molar-refractivity contribution is 6.30. The van der Waals surface area contributed by atoms with Gasteiger partial charge < -0.3 is 5.11 Å². The summed E-state index contributed by atoms with van der Waals surface area (Å²) in [5.41, 5.74) is 3.77. The first-order chi connectivity index (χ1) is 21.7. The fourth-order valence-corrected chi connectivity index (χ4v) is 8.37. The van der Waals surface area contributed by atoms with Crippen LogP contribution in [0.4, 0.5) is 10.1 Å². The molecule has 0 unspecified atom stereocenters. The van der Waals surface area contributed by atoms with E-state index in [1.165, 1.54) is 35.2 Å². The second-order valence-electron chi connectivity index (χ2n) is 12.3. The van der Waals surface area contributed by atoms with Crippen molar-refractivity contribution in [1.82, 2.24) is 9.91 Å². The molecule has 0 aromatic heterocycles. The zero-order chi connectivity index (χ0) is 31.6. The van der Waals surface area contributed by atoms with Gasteiger partial charge in [0.2, 0.25) is 11.8 Å². The minimum atomic E-state index is -1.48. The van der Waals surface area contributed by atoms with Gasteiger partial charge in [-0.3, -0.25) is 29.5 Å². The molecule has 2 saturated heterocycles. The lowest BCUT2D eigenvalue weighted by Gasteiger charge is -2.50. The summed E-state index contributed by atoms with van der Waals surface area (Å²) < 4.78 is 13.7. The third-order valence-electron chi connectivity index (χ3n) is 10.00. The summed E-state index contributed by atoms with van der Waals surface area (Å²) in [4.78, 5) is 58.1. The van der Waals surface area contributed by atoms with Gasteiger partial charge in [0, 0.05) is 17.5 Å². The Morgan fingerprint density at radius 2 is 1.69 bits per heavy atom. The first-order valence-corrected chi connectivity index (χ1v) is 15.5. The number of hydrazine groups is 1. The molecule has 2 N–H and O–H groups in total. The van der Waals surface area contributed by atoms with E-state index in [-0.39, 0.29) is 24.0 Å². The lowest BCUT2D eigenvalue weighted by Crippen LogP contribution is -2.53. The largest absolute Gasteiger partial charge is 0.508 e. The van der Waals surface area contributed by atoms with Crippen LogP contribution in [0.5, 0.6) is 5.75 Å². The highest BCUT2D eigenvalue weighted by Crippen LogP contribution is 2.64. The molecular formula is C35H31ClFN3O5. The Labute approximate surface area is 264 Å². The zero-order valence-electron chi connectivity index (χ0n) is 24.5. The number of carbonyl (C=O) groups excluding carboxylic acids is 4. The van der Waals surface area contributed by atoms with Crippen LogP contribution in [0.25, 0.3) is 0 Å². The van der Waals surface area contributed by atoms with E-state index in [2.05, 4.69) is 5.43 Å². The van der Waals surface area contributed by atoms with Crippen molar-refractivity contribution in [1.29, 1.82) is 0 Å². The van der Waals surface area contributed by atoms with Crippen LogP contribution in [0.3, 0.4) is 0 Å². The monoisotopic (exact) mass is 627 g/mol. The van der Waals surface area contributed by atoms with Crippen molar-refractivity contribution >= 4 is 40.9 Å². The van der Waals surface area contributed by atoms with Crippen LogP contribution in [-0.4, -0.2) is 45.2 Å². The SMILES string of the molecule is CCCN1C(=O)[C@H]2[C@H](CC=C3[C@H]2C[C@H]2C(=O)N(Nc4ccc(F)cc4)C(=O)[C@@]2(c2ccc(Cl)cc2)[C@H]3c2cccc(O)c2)C1=O. The van der Waals surface area contributed by atoms with E-state index in [1.807, 2.05) is 19.1 Å². The van der Waals surface area contributed by atoms with Crippen molar-refractivity contribution < 1.29 is 28.7 Å². The number of amides is 4. The normalized spacial score (nSPS) is 29.0. The summed E-state index contributed by atoms with van der Waals surface area (Å²) in [5, 5.41) is 12.1. The number of hydrogen-bond donors (Lipinski definition) is 2. The molecule has 2 aliphatic heterocycles. The second kappa shape index (κ2) is 10.8. The number of fused-ring (bicyclic) bond motifs is 4. The molecule has 0 radical (unpaired) electrons. The van der Waals surface area contributed by atoms with E-state index in [0.717, 1.165) is 10.6 Å². The Morgan fingerprint density at radius 1 is 0.956 bits per heavy atom. The fourth-order valence-electron chi connectivity index (χ4n) is 8.24. The molecule has 0 spiro atoms. The van der Waals surface area contributed by atoms with Crippen molar-refractivity contribution in [3.63, 3.8) is 0 Å². The van der Waals surface area contributed by atoms with Gasteiger partial charge in [-0.15, -0.1) is 0 Å². The quantitative estimate of drug-likeness (QED) is 0.273. The number of phenolic OH excluding ortho intramolecular Hbond substituents is 1. The number of benzene rings is 3. The predicted molar refractivity (Wildman–Crippen MR) is 164 cm³/mol. The summed E-state index contributed by atoms with van der Waals surface area (Å²) in [5.74, 6) is -5.28. The third-order valence-corrected chi connectivity index (χ3v) is 10.3. The smallest absolute Gasteiger partial charge is 0.260 e.